The molecule has 0 aromatic heterocycles. The number of amidine groups is 1. The first-order chi connectivity index (χ1) is 5.97. The van der Waals surface area contributed by atoms with Crippen LogP contribution in [-0.4, -0.2) is 30.9 Å². The lowest BCUT2D eigenvalue weighted by atomic mass is 10.2. The first-order valence-electron chi connectivity index (χ1n) is 4.15. The minimum atomic E-state index is -0.534. The van der Waals surface area contributed by atoms with Gasteiger partial charge in [0, 0.05) is 0 Å². The molecule has 0 spiro atoms. The summed E-state index contributed by atoms with van der Waals surface area (Å²) in [5, 5.41) is 2.40. The fourth-order valence-corrected chi connectivity index (χ4v) is 0.802. The summed E-state index contributed by atoms with van der Waals surface area (Å²) in [7, 11) is 0. The van der Waals surface area contributed by atoms with Gasteiger partial charge in [-0.05, 0) is 20.8 Å². The maximum absolute atomic E-state index is 11.1. The van der Waals surface area contributed by atoms with E-state index in [1.807, 2.05) is 0 Å². The molecule has 0 saturated carbocycles. The van der Waals surface area contributed by atoms with Crippen molar-refractivity contribution >= 4 is 12.1 Å². The van der Waals surface area contributed by atoms with E-state index in [1.165, 1.54) is 0 Å². The molecule has 0 atom stereocenters. The van der Waals surface area contributed by atoms with Gasteiger partial charge < -0.3 is 9.47 Å². The van der Waals surface area contributed by atoms with Gasteiger partial charge in [-0.2, -0.15) is 0 Å². The van der Waals surface area contributed by atoms with Crippen LogP contribution in [0, 0.1) is 0 Å². The van der Waals surface area contributed by atoms with Crippen molar-refractivity contribution in [2.24, 2.45) is 4.99 Å². The smallest absolute Gasteiger partial charge is 0.415 e. The zero-order chi connectivity index (χ0) is 9.90. The minimum Gasteiger partial charge on any atom is -0.463 e. The van der Waals surface area contributed by atoms with Gasteiger partial charge in [-0.15, -0.1) is 0 Å². The molecule has 0 fully saturated rings. The van der Waals surface area contributed by atoms with Crippen LogP contribution in [0.5, 0.6) is 0 Å². The van der Waals surface area contributed by atoms with Crippen LogP contribution in [0.25, 0.3) is 0 Å². The number of hydrogen-bond donors (Lipinski definition) is 1. The monoisotopic (exact) mass is 186 g/mol. The molecule has 0 radical (unpaired) electrons. The van der Waals surface area contributed by atoms with Crippen LogP contribution in [0.2, 0.25) is 0 Å². The van der Waals surface area contributed by atoms with Gasteiger partial charge >= 0.3 is 6.09 Å². The van der Waals surface area contributed by atoms with Crippen molar-refractivity contribution in [1.29, 1.82) is 0 Å². The van der Waals surface area contributed by atoms with Crippen LogP contribution in [0.4, 0.5) is 4.79 Å². The van der Waals surface area contributed by atoms with Crippen LogP contribution in [-0.2, 0) is 9.47 Å². The second-order valence-electron chi connectivity index (χ2n) is 3.66. The molecular weight excluding hydrogens is 172 g/mol. The van der Waals surface area contributed by atoms with Crippen molar-refractivity contribution in [2.45, 2.75) is 26.4 Å². The maximum atomic E-state index is 11.1. The van der Waals surface area contributed by atoms with Crippen LogP contribution in [0.1, 0.15) is 20.8 Å². The second kappa shape index (κ2) is 3.64. The Morgan fingerprint density at radius 3 is 2.77 bits per heavy atom. The summed E-state index contributed by atoms with van der Waals surface area (Å²) < 4.78 is 9.96. The van der Waals surface area contributed by atoms with E-state index < -0.39 is 11.7 Å². The number of alkyl carbamates (subject to hydrolysis) is 1. The summed E-state index contributed by atoms with van der Waals surface area (Å²) in [5.41, 5.74) is -0.497. The quantitative estimate of drug-likeness (QED) is 0.611. The van der Waals surface area contributed by atoms with Gasteiger partial charge in [0.15, 0.2) is 0 Å². The molecule has 0 unspecified atom stereocenters. The number of nitrogens with one attached hydrogen (secondary N) is 1. The Balaban J connectivity index is 2.33. The third-order valence-corrected chi connectivity index (χ3v) is 1.19. The van der Waals surface area contributed by atoms with Crippen molar-refractivity contribution in [3.63, 3.8) is 0 Å². The van der Waals surface area contributed by atoms with E-state index in [9.17, 15) is 4.79 Å². The lowest BCUT2D eigenvalue weighted by molar-refractivity contribution is 0.0552. The first-order valence-corrected chi connectivity index (χ1v) is 4.15. The van der Waals surface area contributed by atoms with Crippen molar-refractivity contribution in [3.8, 4) is 0 Å². The van der Waals surface area contributed by atoms with Crippen LogP contribution in [0.15, 0.2) is 4.99 Å². The van der Waals surface area contributed by atoms with Crippen molar-refractivity contribution < 1.29 is 14.3 Å². The van der Waals surface area contributed by atoms with E-state index in [4.69, 9.17) is 9.47 Å². The van der Waals surface area contributed by atoms with Crippen LogP contribution < -0.4 is 5.32 Å². The first kappa shape index (κ1) is 9.83. The molecule has 1 aliphatic rings. The van der Waals surface area contributed by atoms with E-state index >= 15 is 0 Å². The number of hydrogen-bond acceptors (Lipinski definition) is 4. The van der Waals surface area contributed by atoms with Gasteiger partial charge in [0.1, 0.15) is 12.2 Å². The Morgan fingerprint density at radius 2 is 2.31 bits per heavy atom. The average molecular weight is 186 g/mol. The van der Waals surface area contributed by atoms with Crippen LogP contribution >= 0.6 is 0 Å². The van der Waals surface area contributed by atoms with Gasteiger partial charge in [0.25, 0.3) is 6.02 Å². The summed E-state index contributed by atoms with van der Waals surface area (Å²) in [4.78, 5) is 15.0. The number of aliphatic imine (C=N–C) groups is 1. The largest absolute Gasteiger partial charge is 0.463 e. The minimum absolute atomic E-state index is 0.245. The van der Waals surface area contributed by atoms with Gasteiger partial charge in [-0.1, -0.05) is 0 Å². The molecule has 5 heteroatoms. The van der Waals surface area contributed by atoms with Crippen molar-refractivity contribution in [3.05, 3.63) is 0 Å². The zero-order valence-corrected chi connectivity index (χ0v) is 8.09. The highest BCUT2D eigenvalue weighted by Crippen LogP contribution is 2.06. The van der Waals surface area contributed by atoms with E-state index in [1.54, 1.807) is 20.8 Å². The van der Waals surface area contributed by atoms with E-state index in [-0.39, 0.29) is 6.02 Å². The lowest BCUT2D eigenvalue weighted by Crippen LogP contribution is -2.36. The molecule has 0 aromatic carbocycles. The highest BCUT2D eigenvalue weighted by Gasteiger charge is 2.18. The molecular formula is C8H14N2O3. The fraction of sp³-hybridized carbons (Fsp3) is 0.750. The SMILES string of the molecule is CC(C)(C)OC(=O)NC1=NCCO1. The number of amides is 1. The van der Waals surface area contributed by atoms with Gasteiger partial charge in [0.05, 0.1) is 6.54 Å². The predicted octanol–water partition coefficient (Wildman–Crippen LogP) is 0.897. The maximum Gasteiger partial charge on any atom is 0.415 e. The molecule has 0 aromatic rings. The average Bonchev–Trinajstić information content (AvgIpc) is 2.34. The summed E-state index contributed by atoms with van der Waals surface area (Å²) in [5.74, 6) is 0. The second-order valence-corrected chi connectivity index (χ2v) is 3.66. The molecule has 1 amide bonds. The summed E-state index contributed by atoms with van der Waals surface area (Å²) in [6, 6.07) is 0.245. The fourth-order valence-electron chi connectivity index (χ4n) is 0.802. The Hall–Kier alpha value is -1.26. The Labute approximate surface area is 77.1 Å². The van der Waals surface area contributed by atoms with Crippen molar-refractivity contribution in [2.75, 3.05) is 13.2 Å². The molecule has 0 aliphatic carbocycles. The highest BCUT2D eigenvalue weighted by molar-refractivity contribution is 5.91. The Bertz CT molecular complexity index is 230. The molecule has 1 heterocycles. The molecule has 5 nitrogen and oxygen atoms in total. The molecule has 1 N–H and O–H groups in total. The third-order valence-electron chi connectivity index (χ3n) is 1.19. The summed E-state index contributed by atoms with van der Waals surface area (Å²) >= 11 is 0. The lowest BCUT2D eigenvalue weighted by Gasteiger charge is -2.19. The Kier molecular flexibility index (Phi) is 2.75. The molecule has 1 aliphatic heterocycles. The van der Waals surface area contributed by atoms with E-state index in [2.05, 4.69) is 10.3 Å². The molecule has 13 heavy (non-hydrogen) atoms. The number of carbonyl (C=O) groups excluding carboxylic acids is 1. The molecule has 74 valence electrons. The van der Waals surface area contributed by atoms with Crippen molar-refractivity contribution in [1.82, 2.24) is 5.32 Å². The predicted molar refractivity (Wildman–Crippen MR) is 47.6 cm³/mol. The normalized spacial score (nSPS) is 16.1. The van der Waals surface area contributed by atoms with E-state index in [0.717, 1.165) is 0 Å². The van der Waals surface area contributed by atoms with Gasteiger partial charge in [-0.3, -0.25) is 0 Å². The molecule has 0 bridgehead atoms. The number of rotatable bonds is 0. The highest BCUT2D eigenvalue weighted by atomic mass is 16.6. The van der Waals surface area contributed by atoms with Crippen LogP contribution in [0.3, 0.4) is 0 Å². The topological polar surface area (TPSA) is 59.9 Å². The molecule has 1 rings (SSSR count). The van der Waals surface area contributed by atoms with E-state index in [0.29, 0.717) is 13.2 Å². The third kappa shape index (κ3) is 3.78. The summed E-state index contributed by atoms with van der Waals surface area (Å²) in [6.07, 6.45) is -0.534. The Morgan fingerprint density at radius 1 is 1.62 bits per heavy atom. The molecule has 0 saturated heterocycles. The van der Waals surface area contributed by atoms with Gasteiger partial charge in [-0.25, -0.2) is 15.1 Å². The standard InChI is InChI=1S/C8H14N2O3/c1-8(2,3)13-7(11)10-6-9-4-5-12-6/h4-5H2,1-3H3,(H,9,10,11). The number of carbonyl (C=O) groups is 1. The van der Waals surface area contributed by atoms with Gasteiger partial charge in [0.2, 0.25) is 0 Å². The zero-order valence-electron chi connectivity index (χ0n) is 8.09. The summed E-state index contributed by atoms with van der Waals surface area (Å²) in [6.45, 7) is 6.49. The number of ether oxygens (including phenoxy) is 2. The number of nitrogens with zero attached hydrogens (tertiary/aromatic N) is 1.